The summed E-state index contributed by atoms with van der Waals surface area (Å²) in [6.07, 6.45) is 3.21. The van der Waals surface area contributed by atoms with Gasteiger partial charge in [0, 0.05) is 6.20 Å². The Morgan fingerprint density at radius 3 is 2.55 bits per heavy atom. The van der Waals surface area contributed by atoms with Crippen LogP contribution in [0.5, 0.6) is 0 Å². The average Bonchev–Trinajstić information content (AvgIpc) is 2.50. The molecule has 1 aromatic heterocycles. The number of nitrogens with one attached hydrogen (secondary N) is 1. The molecule has 0 fully saturated rings. The maximum absolute atomic E-state index is 12.4. The van der Waals surface area contributed by atoms with E-state index in [1.807, 2.05) is 42.5 Å². The highest BCUT2D eigenvalue weighted by molar-refractivity contribution is 5.95. The van der Waals surface area contributed by atoms with E-state index in [2.05, 4.69) is 10.3 Å². The SMILES string of the molecule is NCCCC(C(=O)Nc1ccccn1)c1ccccc1. The summed E-state index contributed by atoms with van der Waals surface area (Å²) in [4.78, 5) is 16.5. The second kappa shape index (κ2) is 7.40. The van der Waals surface area contributed by atoms with Crippen LogP contribution in [0.2, 0.25) is 0 Å². The van der Waals surface area contributed by atoms with E-state index in [9.17, 15) is 4.79 Å². The van der Waals surface area contributed by atoms with E-state index in [0.717, 1.165) is 18.4 Å². The number of hydrogen-bond acceptors (Lipinski definition) is 3. The molecule has 2 aromatic rings. The summed E-state index contributed by atoms with van der Waals surface area (Å²) in [5.74, 6) is 0.344. The minimum absolute atomic E-state index is 0.0386. The maximum Gasteiger partial charge on any atom is 0.233 e. The van der Waals surface area contributed by atoms with Crippen molar-refractivity contribution < 1.29 is 4.79 Å². The number of carbonyl (C=O) groups is 1. The zero-order chi connectivity index (χ0) is 14.2. The molecule has 1 atom stereocenters. The van der Waals surface area contributed by atoms with E-state index < -0.39 is 0 Å². The van der Waals surface area contributed by atoms with Gasteiger partial charge in [-0.05, 0) is 37.1 Å². The third kappa shape index (κ3) is 3.90. The number of carbonyl (C=O) groups excluding carboxylic acids is 1. The van der Waals surface area contributed by atoms with E-state index >= 15 is 0 Å². The van der Waals surface area contributed by atoms with Crippen LogP contribution in [0.25, 0.3) is 0 Å². The number of hydrogen-bond donors (Lipinski definition) is 2. The van der Waals surface area contributed by atoms with E-state index in [-0.39, 0.29) is 11.8 Å². The van der Waals surface area contributed by atoms with E-state index in [1.165, 1.54) is 0 Å². The van der Waals surface area contributed by atoms with E-state index in [0.29, 0.717) is 12.4 Å². The van der Waals surface area contributed by atoms with Gasteiger partial charge in [-0.25, -0.2) is 4.98 Å². The van der Waals surface area contributed by atoms with Crippen LogP contribution in [0, 0.1) is 0 Å². The summed E-state index contributed by atoms with van der Waals surface area (Å²) >= 11 is 0. The van der Waals surface area contributed by atoms with Gasteiger partial charge >= 0.3 is 0 Å². The Morgan fingerprint density at radius 1 is 1.15 bits per heavy atom. The second-order valence-corrected chi connectivity index (χ2v) is 4.60. The van der Waals surface area contributed by atoms with Crippen molar-refractivity contribution in [1.29, 1.82) is 0 Å². The summed E-state index contributed by atoms with van der Waals surface area (Å²) < 4.78 is 0. The zero-order valence-corrected chi connectivity index (χ0v) is 11.3. The molecule has 1 unspecified atom stereocenters. The standard InChI is InChI=1S/C16H19N3O/c17-11-6-9-14(13-7-2-1-3-8-13)16(20)19-15-10-4-5-12-18-15/h1-5,7-8,10,12,14H,6,9,11,17H2,(H,18,19,20). The molecule has 1 amide bonds. The van der Waals surface area contributed by atoms with Gasteiger partial charge in [0.2, 0.25) is 5.91 Å². The lowest BCUT2D eigenvalue weighted by Crippen LogP contribution is -2.22. The molecule has 0 aliphatic heterocycles. The molecule has 0 radical (unpaired) electrons. The van der Waals surface area contributed by atoms with Gasteiger partial charge in [-0.2, -0.15) is 0 Å². The summed E-state index contributed by atoms with van der Waals surface area (Å²) in [7, 11) is 0. The molecule has 4 nitrogen and oxygen atoms in total. The fourth-order valence-electron chi connectivity index (χ4n) is 2.11. The molecule has 0 bridgehead atoms. The molecule has 0 spiro atoms. The third-order valence-electron chi connectivity index (χ3n) is 3.13. The Labute approximate surface area is 119 Å². The van der Waals surface area contributed by atoms with Crippen LogP contribution < -0.4 is 11.1 Å². The van der Waals surface area contributed by atoms with Gasteiger partial charge in [-0.1, -0.05) is 36.4 Å². The Morgan fingerprint density at radius 2 is 1.90 bits per heavy atom. The van der Waals surface area contributed by atoms with Crippen molar-refractivity contribution in [2.45, 2.75) is 18.8 Å². The number of aromatic nitrogens is 1. The predicted molar refractivity (Wildman–Crippen MR) is 80.3 cm³/mol. The van der Waals surface area contributed by atoms with Crippen LogP contribution in [0.1, 0.15) is 24.3 Å². The topological polar surface area (TPSA) is 68.0 Å². The van der Waals surface area contributed by atoms with E-state index in [1.54, 1.807) is 12.3 Å². The summed E-state index contributed by atoms with van der Waals surface area (Å²) in [6.45, 7) is 0.584. The first-order valence-corrected chi connectivity index (χ1v) is 6.78. The maximum atomic E-state index is 12.4. The fourth-order valence-corrected chi connectivity index (χ4v) is 2.11. The number of anilines is 1. The van der Waals surface area contributed by atoms with Crippen molar-refractivity contribution in [2.24, 2.45) is 5.73 Å². The molecule has 3 N–H and O–H groups in total. The van der Waals surface area contributed by atoms with Crippen LogP contribution >= 0.6 is 0 Å². The van der Waals surface area contributed by atoms with Gasteiger partial charge in [-0.3, -0.25) is 4.79 Å². The number of nitrogens with zero attached hydrogens (tertiary/aromatic N) is 1. The van der Waals surface area contributed by atoms with Crippen molar-refractivity contribution in [2.75, 3.05) is 11.9 Å². The van der Waals surface area contributed by atoms with Crippen molar-refractivity contribution in [3.8, 4) is 0 Å². The average molecular weight is 269 g/mol. The van der Waals surface area contributed by atoms with Crippen molar-refractivity contribution in [3.05, 3.63) is 60.3 Å². The van der Waals surface area contributed by atoms with Gasteiger partial charge in [0.05, 0.1) is 5.92 Å². The van der Waals surface area contributed by atoms with Gasteiger partial charge in [0.25, 0.3) is 0 Å². The van der Waals surface area contributed by atoms with Gasteiger partial charge in [0.1, 0.15) is 5.82 Å². The predicted octanol–water partition coefficient (Wildman–Crippen LogP) is 2.54. The first kappa shape index (κ1) is 14.2. The number of pyridine rings is 1. The highest BCUT2D eigenvalue weighted by Gasteiger charge is 2.20. The lowest BCUT2D eigenvalue weighted by Gasteiger charge is -2.16. The Kier molecular flexibility index (Phi) is 5.26. The normalized spacial score (nSPS) is 11.8. The van der Waals surface area contributed by atoms with Crippen LogP contribution in [0.15, 0.2) is 54.7 Å². The molecule has 1 heterocycles. The Balaban J connectivity index is 2.12. The summed E-state index contributed by atoms with van der Waals surface area (Å²) in [5, 5.41) is 2.86. The highest BCUT2D eigenvalue weighted by atomic mass is 16.1. The zero-order valence-electron chi connectivity index (χ0n) is 11.3. The molecule has 0 saturated heterocycles. The lowest BCUT2D eigenvalue weighted by molar-refractivity contribution is -0.117. The smallest absolute Gasteiger partial charge is 0.233 e. The first-order valence-electron chi connectivity index (χ1n) is 6.78. The third-order valence-corrected chi connectivity index (χ3v) is 3.13. The molecule has 0 aliphatic rings. The van der Waals surface area contributed by atoms with Crippen LogP contribution in [0.3, 0.4) is 0 Å². The second-order valence-electron chi connectivity index (χ2n) is 4.60. The summed E-state index contributed by atoms with van der Waals surface area (Å²) in [5.41, 5.74) is 6.57. The fraction of sp³-hybridized carbons (Fsp3) is 0.250. The first-order chi connectivity index (χ1) is 9.81. The van der Waals surface area contributed by atoms with Crippen molar-refractivity contribution in [3.63, 3.8) is 0 Å². The minimum Gasteiger partial charge on any atom is -0.330 e. The monoisotopic (exact) mass is 269 g/mol. The van der Waals surface area contributed by atoms with Crippen molar-refractivity contribution in [1.82, 2.24) is 4.98 Å². The number of nitrogens with two attached hydrogens (primary N) is 1. The number of amides is 1. The van der Waals surface area contributed by atoms with Crippen LogP contribution in [0.4, 0.5) is 5.82 Å². The Bertz CT molecular complexity index is 528. The van der Waals surface area contributed by atoms with E-state index in [4.69, 9.17) is 5.73 Å². The van der Waals surface area contributed by atoms with Gasteiger partial charge in [0.15, 0.2) is 0 Å². The van der Waals surface area contributed by atoms with Crippen molar-refractivity contribution >= 4 is 11.7 Å². The molecule has 4 heteroatoms. The van der Waals surface area contributed by atoms with Gasteiger partial charge in [-0.15, -0.1) is 0 Å². The number of rotatable bonds is 6. The molecule has 20 heavy (non-hydrogen) atoms. The Hall–Kier alpha value is -2.20. The van der Waals surface area contributed by atoms with Crippen LogP contribution in [-0.2, 0) is 4.79 Å². The molecule has 104 valence electrons. The minimum atomic E-state index is -0.193. The quantitative estimate of drug-likeness (QED) is 0.846. The molecule has 0 aliphatic carbocycles. The molecule has 2 rings (SSSR count). The highest BCUT2D eigenvalue weighted by Crippen LogP contribution is 2.22. The largest absolute Gasteiger partial charge is 0.330 e. The lowest BCUT2D eigenvalue weighted by atomic mass is 9.93. The molecular weight excluding hydrogens is 250 g/mol. The summed E-state index contributed by atoms with van der Waals surface area (Å²) in [6, 6.07) is 15.2. The number of benzene rings is 1. The molecule has 1 aromatic carbocycles. The molecule has 0 saturated carbocycles. The van der Waals surface area contributed by atoms with Gasteiger partial charge < -0.3 is 11.1 Å². The van der Waals surface area contributed by atoms with Crippen LogP contribution in [-0.4, -0.2) is 17.4 Å². The molecular formula is C16H19N3O.